The summed E-state index contributed by atoms with van der Waals surface area (Å²) in [5.74, 6) is 0.158. The molecule has 150 valence electrons. The van der Waals surface area contributed by atoms with Gasteiger partial charge in [0.1, 0.15) is 11.4 Å². The van der Waals surface area contributed by atoms with Crippen molar-refractivity contribution in [2.45, 2.75) is 33.4 Å². The zero-order valence-electron chi connectivity index (χ0n) is 16.5. The van der Waals surface area contributed by atoms with Crippen LogP contribution in [-0.4, -0.2) is 30.9 Å². The Balaban J connectivity index is 1.92. The van der Waals surface area contributed by atoms with Gasteiger partial charge in [-0.15, -0.1) is 0 Å². The van der Waals surface area contributed by atoms with Crippen molar-refractivity contribution in [2.75, 3.05) is 0 Å². The zero-order valence-corrected chi connectivity index (χ0v) is 16.5. The van der Waals surface area contributed by atoms with E-state index in [4.69, 9.17) is 0 Å². The molecule has 3 aromatic rings. The van der Waals surface area contributed by atoms with E-state index < -0.39 is 5.69 Å². The smallest absolute Gasteiger partial charge is 0.345 e. The molecule has 0 aliphatic rings. The maximum atomic E-state index is 13.3. The van der Waals surface area contributed by atoms with E-state index in [9.17, 15) is 14.7 Å². The number of rotatable bonds is 7. The van der Waals surface area contributed by atoms with Crippen molar-refractivity contribution in [2.24, 2.45) is 5.92 Å². The van der Waals surface area contributed by atoms with Crippen LogP contribution in [0.4, 0.5) is 0 Å². The summed E-state index contributed by atoms with van der Waals surface area (Å²) in [5, 5.41) is 9.51. The largest absolute Gasteiger partial charge is 0.508 e. The lowest BCUT2D eigenvalue weighted by atomic mass is 10.1. The molecule has 0 aliphatic carbocycles. The van der Waals surface area contributed by atoms with Crippen molar-refractivity contribution >= 4 is 5.91 Å². The van der Waals surface area contributed by atoms with Gasteiger partial charge in [-0.2, -0.15) is 4.98 Å². The van der Waals surface area contributed by atoms with Crippen LogP contribution in [0.2, 0.25) is 0 Å². The second kappa shape index (κ2) is 9.14. The minimum Gasteiger partial charge on any atom is -0.508 e. The Bertz CT molecular complexity index is 1010. The summed E-state index contributed by atoms with van der Waals surface area (Å²) in [5.41, 5.74) is 2.00. The molecule has 0 bridgehead atoms. The van der Waals surface area contributed by atoms with E-state index in [0.717, 1.165) is 11.1 Å². The fourth-order valence-electron chi connectivity index (χ4n) is 3.06. The van der Waals surface area contributed by atoms with Crippen molar-refractivity contribution in [1.82, 2.24) is 19.9 Å². The first kappa shape index (κ1) is 20.3. The maximum absolute atomic E-state index is 13.3. The number of aromatic hydroxyl groups is 1. The van der Waals surface area contributed by atoms with Crippen LogP contribution in [0.25, 0.3) is 0 Å². The Morgan fingerprint density at radius 3 is 2.52 bits per heavy atom. The van der Waals surface area contributed by atoms with E-state index in [-0.39, 0.29) is 17.4 Å². The lowest BCUT2D eigenvalue weighted by Crippen LogP contribution is -2.32. The molecule has 0 spiro atoms. The first-order valence-corrected chi connectivity index (χ1v) is 9.47. The van der Waals surface area contributed by atoms with Crippen molar-refractivity contribution < 1.29 is 9.90 Å². The Morgan fingerprint density at radius 1 is 1.14 bits per heavy atom. The Hall–Kier alpha value is -3.48. The molecule has 0 fully saturated rings. The highest BCUT2D eigenvalue weighted by Gasteiger charge is 2.20. The van der Waals surface area contributed by atoms with Gasteiger partial charge < -0.3 is 15.0 Å². The van der Waals surface area contributed by atoms with Crippen LogP contribution in [-0.2, 0) is 19.5 Å². The highest BCUT2D eigenvalue weighted by molar-refractivity contribution is 5.92. The van der Waals surface area contributed by atoms with Crippen LogP contribution < -0.4 is 5.69 Å². The number of pyridine rings is 1. The molecule has 0 saturated heterocycles. The molecule has 29 heavy (non-hydrogen) atoms. The number of nitrogens with zero attached hydrogens (tertiary/aromatic N) is 3. The highest BCUT2D eigenvalue weighted by Crippen LogP contribution is 2.16. The van der Waals surface area contributed by atoms with Gasteiger partial charge in [0.15, 0.2) is 0 Å². The predicted molar refractivity (Wildman–Crippen MR) is 109 cm³/mol. The molecule has 3 rings (SSSR count). The minimum absolute atomic E-state index is 0.118. The Labute approximate surface area is 169 Å². The number of aromatic nitrogens is 3. The number of hydrogen-bond acceptors (Lipinski definition) is 5. The summed E-state index contributed by atoms with van der Waals surface area (Å²) < 4.78 is 0. The second-order valence-electron chi connectivity index (χ2n) is 7.38. The summed E-state index contributed by atoms with van der Waals surface area (Å²) in [4.78, 5) is 37.6. The highest BCUT2D eigenvalue weighted by atomic mass is 16.3. The third-order valence-corrected chi connectivity index (χ3v) is 4.34. The number of benzene rings is 1. The lowest BCUT2D eigenvalue weighted by molar-refractivity contribution is 0.0723. The molecule has 0 unspecified atom stereocenters. The van der Waals surface area contributed by atoms with Crippen LogP contribution >= 0.6 is 0 Å². The number of amides is 1. The van der Waals surface area contributed by atoms with Gasteiger partial charge in [-0.25, -0.2) is 4.79 Å². The SMILES string of the molecule is CC(C)Cc1cc(C(=O)N(Cc2ccc(O)cc2)Cc2cccnc2)nc(=O)[nH]1. The molecule has 7 nitrogen and oxygen atoms in total. The Kier molecular flexibility index (Phi) is 6.39. The first-order valence-electron chi connectivity index (χ1n) is 9.47. The van der Waals surface area contributed by atoms with Gasteiger partial charge in [0.05, 0.1) is 0 Å². The molecule has 2 N–H and O–H groups in total. The van der Waals surface area contributed by atoms with Gasteiger partial charge >= 0.3 is 5.69 Å². The number of carbonyl (C=O) groups is 1. The quantitative estimate of drug-likeness (QED) is 0.644. The van der Waals surface area contributed by atoms with Gasteiger partial charge in [-0.05, 0) is 47.7 Å². The molecule has 2 aromatic heterocycles. The average Bonchev–Trinajstić information content (AvgIpc) is 2.68. The average molecular weight is 392 g/mol. The summed E-state index contributed by atoms with van der Waals surface area (Å²) in [7, 11) is 0. The van der Waals surface area contributed by atoms with Gasteiger partial charge in [0, 0.05) is 31.2 Å². The van der Waals surface area contributed by atoms with Crippen molar-refractivity contribution in [3.63, 3.8) is 0 Å². The molecule has 1 amide bonds. The molecule has 1 aromatic carbocycles. The summed E-state index contributed by atoms with van der Waals surface area (Å²) in [6.07, 6.45) is 4.03. The molecular formula is C22H24N4O3. The number of nitrogens with one attached hydrogen (secondary N) is 1. The number of carbonyl (C=O) groups excluding carboxylic acids is 1. The van der Waals surface area contributed by atoms with E-state index in [0.29, 0.717) is 31.1 Å². The van der Waals surface area contributed by atoms with Crippen LogP contribution in [0.1, 0.15) is 41.2 Å². The van der Waals surface area contributed by atoms with Crippen molar-refractivity contribution in [3.05, 3.63) is 87.9 Å². The van der Waals surface area contributed by atoms with E-state index >= 15 is 0 Å². The number of aromatic amines is 1. The predicted octanol–water partition coefficient (Wildman–Crippen LogP) is 2.91. The lowest BCUT2D eigenvalue weighted by Gasteiger charge is -2.23. The summed E-state index contributed by atoms with van der Waals surface area (Å²) >= 11 is 0. The topological polar surface area (TPSA) is 99.2 Å². The van der Waals surface area contributed by atoms with E-state index in [1.165, 1.54) is 0 Å². The number of H-pyrrole nitrogens is 1. The number of phenolic OH excluding ortho intramolecular Hbond substituents is 1. The van der Waals surface area contributed by atoms with Gasteiger partial charge in [0.2, 0.25) is 0 Å². The van der Waals surface area contributed by atoms with E-state index in [1.54, 1.807) is 47.6 Å². The molecule has 0 atom stereocenters. The van der Waals surface area contributed by atoms with Crippen molar-refractivity contribution in [3.8, 4) is 5.75 Å². The monoisotopic (exact) mass is 392 g/mol. The number of phenols is 1. The standard InChI is InChI=1S/C22H24N4O3/c1-15(2)10-18-11-20(25-22(29)24-18)21(28)26(14-17-4-3-9-23-12-17)13-16-5-7-19(27)8-6-16/h3-9,11-12,15,27H,10,13-14H2,1-2H3,(H,24,25,29). The van der Waals surface area contributed by atoms with Crippen LogP contribution in [0.5, 0.6) is 5.75 Å². The Morgan fingerprint density at radius 2 is 1.86 bits per heavy atom. The maximum Gasteiger partial charge on any atom is 0.345 e. The normalized spacial score (nSPS) is 10.9. The second-order valence-corrected chi connectivity index (χ2v) is 7.38. The molecule has 0 aliphatic heterocycles. The molecular weight excluding hydrogens is 368 g/mol. The molecule has 7 heteroatoms. The van der Waals surface area contributed by atoms with E-state index in [1.807, 2.05) is 26.0 Å². The third-order valence-electron chi connectivity index (χ3n) is 4.34. The zero-order chi connectivity index (χ0) is 20.8. The fraction of sp³-hybridized carbons (Fsp3) is 0.273. The van der Waals surface area contributed by atoms with Crippen LogP contribution in [0.15, 0.2) is 59.7 Å². The summed E-state index contributed by atoms with van der Waals surface area (Å²) in [6.45, 7) is 4.71. The summed E-state index contributed by atoms with van der Waals surface area (Å²) in [6, 6.07) is 12.0. The van der Waals surface area contributed by atoms with Crippen molar-refractivity contribution in [1.29, 1.82) is 0 Å². The fourth-order valence-corrected chi connectivity index (χ4v) is 3.06. The van der Waals surface area contributed by atoms with Crippen LogP contribution in [0, 0.1) is 5.92 Å². The number of hydrogen-bond donors (Lipinski definition) is 2. The van der Waals surface area contributed by atoms with E-state index in [2.05, 4.69) is 15.0 Å². The minimum atomic E-state index is -0.530. The van der Waals surface area contributed by atoms with Gasteiger partial charge in [-0.1, -0.05) is 32.0 Å². The molecule has 0 saturated carbocycles. The van der Waals surface area contributed by atoms with Gasteiger partial charge in [-0.3, -0.25) is 9.78 Å². The molecule has 2 heterocycles. The van der Waals surface area contributed by atoms with Crippen LogP contribution in [0.3, 0.4) is 0 Å². The van der Waals surface area contributed by atoms with Gasteiger partial charge in [0.25, 0.3) is 5.91 Å². The third kappa shape index (κ3) is 5.75. The molecule has 0 radical (unpaired) electrons. The first-order chi connectivity index (χ1) is 13.9.